The zero-order valence-corrected chi connectivity index (χ0v) is 19.4. The van der Waals surface area contributed by atoms with E-state index >= 15 is 0 Å². The fourth-order valence-electron chi connectivity index (χ4n) is 3.41. The highest BCUT2D eigenvalue weighted by Crippen LogP contribution is 2.24. The van der Waals surface area contributed by atoms with Crippen molar-refractivity contribution in [2.24, 2.45) is 0 Å². The zero-order valence-electron chi connectivity index (χ0n) is 17.9. The third kappa shape index (κ3) is 4.92. The SMILES string of the molecule is Cc1nn(-c2ccccc2)c(C)c1NC(=O)c1ccc(NC(=O)c2ccc(Cl)cc2Cl)cc1. The van der Waals surface area contributed by atoms with Crippen LogP contribution >= 0.6 is 23.2 Å². The summed E-state index contributed by atoms with van der Waals surface area (Å²) in [6, 6.07) is 21.0. The van der Waals surface area contributed by atoms with Gasteiger partial charge >= 0.3 is 0 Å². The Kier molecular flexibility index (Phi) is 6.49. The average Bonchev–Trinajstić information content (AvgIpc) is 3.08. The van der Waals surface area contributed by atoms with E-state index in [2.05, 4.69) is 15.7 Å². The molecule has 1 heterocycles. The molecule has 0 atom stereocenters. The summed E-state index contributed by atoms with van der Waals surface area (Å²) in [7, 11) is 0. The number of benzene rings is 3. The summed E-state index contributed by atoms with van der Waals surface area (Å²) >= 11 is 12.0. The van der Waals surface area contributed by atoms with Crippen molar-refractivity contribution in [3.63, 3.8) is 0 Å². The maximum Gasteiger partial charge on any atom is 0.257 e. The molecule has 166 valence electrons. The van der Waals surface area contributed by atoms with Gasteiger partial charge in [0.25, 0.3) is 11.8 Å². The number of nitrogens with one attached hydrogen (secondary N) is 2. The Morgan fingerprint density at radius 3 is 2.21 bits per heavy atom. The largest absolute Gasteiger partial charge is 0.322 e. The first kappa shape index (κ1) is 22.6. The van der Waals surface area contributed by atoms with Crippen molar-refractivity contribution in [3.8, 4) is 5.69 Å². The Labute approximate surface area is 201 Å². The Balaban J connectivity index is 1.47. The van der Waals surface area contributed by atoms with Crippen molar-refractivity contribution in [1.29, 1.82) is 0 Å². The number of halogens is 2. The summed E-state index contributed by atoms with van der Waals surface area (Å²) in [6.45, 7) is 3.76. The molecule has 2 amide bonds. The molecule has 4 rings (SSSR count). The van der Waals surface area contributed by atoms with Crippen LogP contribution in [-0.2, 0) is 0 Å². The molecular formula is C25H20Cl2N4O2. The highest BCUT2D eigenvalue weighted by atomic mass is 35.5. The van der Waals surface area contributed by atoms with Gasteiger partial charge in [-0.1, -0.05) is 41.4 Å². The van der Waals surface area contributed by atoms with Crippen LogP contribution in [0.4, 0.5) is 11.4 Å². The molecule has 0 saturated carbocycles. The number of carbonyl (C=O) groups is 2. The van der Waals surface area contributed by atoms with Crippen LogP contribution < -0.4 is 10.6 Å². The molecule has 0 aliphatic heterocycles. The Morgan fingerprint density at radius 1 is 0.848 bits per heavy atom. The molecule has 0 bridgehead atoms. The lowest BCUT2D eigenvalue weighted by Crippen LogP contribution is -2.14. The highest BCUT2D eigenvalue weighted by molar-refractivity contribution is 6.37. The number of aryl methyl sites for hydroxylation is 1. The summed E-state index contributed by atoms with van der Waals surface area (Å²) in [5.41, 5.74) is 4.42. The van der Waals surface area contributed by atoms with Crippen molar-refractivity contribution in [2.45, 2.75) is 13.8 Å². The second kappa shape index (κ2) is 9.48. The molecule has 8 heteroatoms. The van der Waals surface area contributed by atoms with Gasteiger partial charge in [-0.05, 0) is 68.4 Å². The minimum absolute atomic E-state index is 0.262. The predicted molar refractivity (Wildman–Crippen MR) is 132 cm³/mol. The maximum absolute atomic E-state index is 12.8. The first-order chi connectivity index (χ1) is 15.8. The van der Waals surface area contributed by atoms with Gasteiger partial charge in [-0.25, -0.2) is 4.68 Å². The van der Waals surface area contributed by atoms with Crippen molar-refractivity contribution in [1.82, 2.24) is 9.78 Å². The third-order valence-electron chi connectivity index (χ3n) is 5.11. The quantitative estimate of drug-likeness (QED) is 0.353. The fraction of sp³-hybridized carbons (Fsp3) is 0.0800. The van der Waals surface area contributed by atoms with E-state index in [-0.39, 0.29) is 16.8 Å². The Bertz CT molecular complexity index is 1330. The highest BCUT2D eigenvalue weighted by Gasteiger charge is 2.17. The molecule has 0 aliphatic carbocycles. The molecule has 0 aliphatic rings. The van der Waals surface area contributed by atoms with Gasteiger partial charge in [0.2, 0.25) is 0 Å². The minimum Gasteiger partial charge on any atom is -0.322 e. The van der Waals surface area contributed by atoms with E-state index in [1.807, 2.05) is 44.2 Å². The molecule has 0 saturated heterocycles. The topological polar surface area (TPSA) is 76.0 Å². The van der Waals surface area contributed by atoms with Crippen LogP contribution in [0.25, 0.3) is 5.69 Å². The van der Waals surface area contributed by atoms with Crippen LogP contribution in [0.3, 0.4) is 0 Å². The van der Waals surface area contributed by atoms with E-state index < -0.39 is 0 Å². The number of para-hydroxylation sites is 1. The van der Waals surface area contributed by atoms with Crippen LogP contribution in [-0.4, -0.2) is 21.6 Å². The van der Waals surface area contributed by atoms with E-state index in [1.165, 1.54) is 6.07 Å². The summed E-state index contributed by atoms with van der Waals surface area (Å²) < 4.78 is 1.80. The lowest BCUT2D eigenvalue weighted by molar-refractivity contribution is 0.102. The van der Waals surface area contributed by atoms with Crippen molar-refractivity contribution in [2.75, 3.05) is 10.6 Å². The van der Waals surface area contributed by atoms with Gasteiger partial charge in [0.1, 0.15) is 0 Å². The molecule has 0 fully saturated rings. The van der Waals surface area contributed by atoms with Gasteiger partial charge in [0.05, 0.1) is 33.3 Å². The van der Waals surface area contributed by atoms with E-state index in [4.69, 9.17) is 23.2 Å². The van der Waals surface area contributed by atoms with Gasteiger partial charge < -0.3 is 10.6 Å². The standard InChI is InChI=1S/C25H20Cl2N4O2/c1-15-23(16(2)31(30-15)20-6-4-3-5-7-20)29-24(32)17-8-11-19(12-9-17)28-25(33)21-13-10-18(26)14-22(21)27/h3-14H,1-2H3,(H,28,33)(H,29,32). The molecule has 2 N–H and O–H groups in total. The Hall–Kier alpha value is -3.61. The summed E-state index contributed by atoms with van der Waals surface area (Å²) in [5.74, 6) is -0.638. The molecule has 4 aromatic rings. The van der Waals surface area contributed by atoms with Crippen LogP contribution in [0.2, 0.25) is 10.0 Å². The summed E-state index contributed by atoms with van der Waals surface area (Å²) in [5, 5.41) is 11.0. The smallest absolute Gasteiger partial charge is 0.257 e. The van der Waals surface area contributed by atoms with E-state index in [0.29, 0.717) is 33.2 Å². The number of hydrogen-bond acceptors (Lipinski definition) is 3. The average molecular weight is 479 g/mol. The van der Waals surface area contributed by atoms with Crippen LogP contribution in [0.1, 0.15) is 32.1 Å². The second-order valence-electron chi connectivity index (χ2n) is 7.40. The fourth-order valence-corrected chi connectivity index (χ4v) is 3.90. The first-order valence-electron chi connectivity index (χ1n) is 10.1. The lowest BCUT2D eigenvalue weighted by atomic mass is 10.1. The number of nitrogens with zero attached hydrogens (tertiary/aromatic N) is 2. The van der Waals surface area contributed by atoms with Gasteiger partial charge in [-0.3, -0.25) is 9.59 Å². The zero-order chi connectivity index (χ0) is 23.5. The number of amides is 2. The molecular weight excluding hydrogens is 459 g/mol. The number of anilines is 2. The number of carbonyl (C=O) groups excluding carboxylic acids is 2. The first-order valence-corrected chi connectivity index (χ1v) is 10.9. The van der Waals surface area contributed by atoms with E-state index in [0.717, 1.165) is 11.4 Å². The minimum atomic E-state index is -0.367. The third-order valence-corrected chi connectivity index (χ3v) is 5.66. The molecule has 0 spiro atoms. The molecule has 0 radical (unpaired) electrons. The van der Waals surface area contributed by atoms with Gasteiger partial charge in [0, 0.05) is 16.3 Å². The number of rotatable bonds is 5. The number of aromatic nitrogens is 2. The maximum atomic E-state index is 12.8. The molecule has 0 unspecified atom stereocenters. The van der Waals surface area contributed by atoms with Gasteiger partial charge in [-0.2, -0.15) is 5.10 Å². The second-order valence-corrected chi connectivity index (χ2v) is 8.25. The van der Waals surface area contributed by atoms with Crippen LogP contribution in [0.15, 0.2) is 72.8 Å². The van der Waals surface area contributed by atoms with Gasteiger partial charge in [0.15, 0.2) is 0 Å². The predicted octanol–water partition coefficient (Wildman–Crippen LogP) is 6.30. The van der Waals surface area contributed by atoms with Crippen molar-refractivity contribution < 1.29 is 9.59 Å². The molecule has 3 aromatic carbocycles. The van der Waals surface area contributed by atoms with E-state index in [9.17, 15) is 9.59 Å². The van der Waals surface area contributed by atoms with Gasteiger partial charge in [-0.15, -0.1) is 0 Å². The monoisotopic (exact) mass is 478 g/mol. The number of hydrogen-bond donors (Lipinski definition) is 2. The van der Waals surface area contributed by atoms with Crippen LogP contribution in [0, 0.1) is 13.8 Å². The molecule has 33 heavy (non-hydrogen) atoms. The summed E-state index contributed by atoms with van der Waals surface area (Å²) in [6.07, 6.45) is 0. The van der Waals surface area contributed by atoms with E-state index in [1.54, 1.807) is 41.1 Å². The van der Waals surface area contributed by atoms with Crippen LogP contribution in [0.5, 0.6) is 0 Å². The Morgan fingerprint density at radius 2 is 1.55 bits per heavy atom. The summed E-state index contributed by atoms with van der Waals surface area (Å²) in [4.78, 5) is 25.3. The van der Waals surface area contributed by atoms with Crippen molar-refractivity contribution in [3.05, 3.63) is 105 Å². The lowest BCUT2D eigenvalue weighted by Gasteiger charge is -2.09. The molecule has 1 aromatic heterocycles. The normalized spacial score (nSPS) is 10.7. The van der Waals surface area contributed by atoms with Crippen molar-refractivity contribution >= 4 is 46.4 Å². The molecule has 6 nitrogen and oxygen atoms in total.